The van der Waals surface area contributed by atoms with Crippen LogP contribution in [0.1, 0.15) is 0 Å². The van der Waals surface area contributed by atoms with E-state index in [-0.39, 0.29) is 0 Å². The molecule has 2 rings (SSSR count). The zero-order valence-corrected chi connectivity index (χ0v) is 9.46. The van der Waals surface area contributed by atoms with Gasteiger partial charge in [0, 0.05) is 13.2 Å². The van der Waals surface area contributed by atoms with Gasteiger partial charge >= 0.3 is 0 Å². The molecule has 78 valence electrons. The van der Waals surface area contributed by atoms with Crippen LogP contribution in [0.5, 0.6) is 0 Å². The first-order chi connectivity index (χ1) is 7.16. The van der Waals surface area contributed by atoms with E-state index in [9.17, 15) is 0 Å². The maximum atomic E-state index is 5.76. The fourth-order valence-corrected chi connectivity index (χ4v) is 1.88. The quantitative estimate of drug-likeness (QED) is 0.865. The van der Waals surface area contributed by atoms with Gasteiger partial charge in [0.25, 0.3) is 0 Å². The summed E-state index contributed by atoms with van der Waals surface area (Å²) in [6.45, 7) is 0. The minimum atomic E-state index is 0.523. The number of aryl methyl sites for hydroxylation is 1. The Morgan fingerprint density at radius 3 is 2.93 bits per heavy atom. The molecule has 0 spiro atoms. The Bertz CT molecular complexity index is 484. The van der Waals surface area contributed by atoms with Gasteiger partial charge in [-0.15, -0.1) is 10.2 Å². The van der Waals surface area contributed by atoms with E-state index in [1.165, 1.54) is 11.8 Å². The zero-order chi connectivity index (χ0) is 10.8. The Labute approximate surface area is 95.7 Å². The number of halogens is 1. The van der Waals surface area contributed by atoms with Crippen molar-refractivity contribution in [1.29, 1.82) is 0 Å². The average molecular weight is 242 g/mol. The van der Waals surface area contributed by atoms with Gasteiger partial charge in [0.05, 0.1) is 10.7 Å². The summed E-state index contributed by atoms with van der Waals surface area (Å²) in [5, 5.41) is 9.62. The van der Waals surface area contributed by atoms with E-state index in [0.29, 0.717) is 15.7 Å². The van der Waals surface area contributed by atoms with Crippen LogP contribution in [-0.2, 0) is 7.05 Å². The number of anilines is 1. The molecule has 7 heteroatoms. The first kappa shape index (κ1) is 10.3. The van der Waals surface area contributed by atoms with Gasteiger partial charge in [-0.05, 0) is 17.8 Å². The van der Waals surface area contributed by atoms with Crippen molar-refractivity contribution < 1.29 is 0 Å². The molecular weight excluding hydrogens is 234 g/mol. The molecule has 0 radical (unpaired) electrons. The van der Waals surface area contributed by atoms with Crippen LogP contribution >= 0.6 is 23.4 Å². The highest BCUT2D eigenvalue weighted by Gasteiger charge is 2.08. The van der Waals surface area contributed by atoms with E-state index in [4.69, 9.17) is 17.3 Å². The number of pyridine rings is 1. The van der Waals surface area contributed by atoms with Crippen LogP contribution < -0.4 is 5.73 Å². The van der Waals surface area contributed by atoms with Crippen LogP contribution in [0, 0.1) is 0 Å². The topological polar surface area (TPSA) is 69.6 Å². The first-order valence-electron chi connectivity index (χ1n) is 4.09. The highest BCUT2D eigenvalue weighted by molar-refractivity contribution is 7.99. The molecule has 0 aromatic carbocycles. The van der Waals surface area contributed by atoms with E-state index < -0.39 is 0 Å². The maximum Gasteiger partial charge on any atom is 0.197 e. The van der Waals surface area contributed by atoms with Gasteiger partial charge in [-0.3, -0.25) is 0 Å². The van der Waals surface area contributed by atoms with E-state index in [0.717, 1.165) is 5.16 Å². The Morgan fingerprint density at radius 2 is 2.33 bits per heavy atom. The number of nitrogens with zero attached hydrogens (tertiary/aromatic N) is 4. The van der Waals surface area contributed by atoms with Gasteiger partial charge in [-0.25, -0.2) is 4.98 Å². The van der Waals surface area contributed by atoms with E-state index in [2.05, 4.69) is 15.2 Å². The molecule has 0 saturated heterocycles. The normalized spacial score (nSPS) is 10.5. The molecule has 15 heavy (non-hydrogen) atoms. The molecule has 0 atom stereocenters. The first-order valence-corrected chi connectivity index (χ1v) is 5.29. The second kappa shape index (κ2) is 4.08. The molecule has 0 fully saturated rings. The smallest absolute Gasteiger partial charge is 0.197 e. The minimum Gasteiger partial charge on any atom is -0.396 e. The van der Waals surface area contributed by atoms with Crippen molar-refractivity contribution in [3.05, 3.63) is 23.6 Å². The third-order valence-corrected chi connectivity index (χ3v) is 3.00. The lowest BCUT2D eigenvalue weighted by atomic mass is 10.4. The number of hydrogen-bond donors (Lipinski definition) is 1. The highest BCUT2D eigenvalue weighted by atomic mass is 35.5. The maximum absolute atomic E-state index is 5.76. The summed E-state index contributed by atoms with van der Waals surface area (Å²) in [7, 11) is 1.86. The molecule has 2 aromatic heterocycles. The Balaban J connectivity index is 2.29. The molecule has 2 aromatic rings. The second-order valence-electron chi connectivity index (χ2n) is 2.87. The van der Waals surface area contributed by atoms with Gasteiger partial charge in [0.1, 0.15) is 11.4 Å². The lowest BCUT2D eigenvalue weighted by Crippen LogP contribution is -1.94. The van der Waals surface area contributed by atoms with Crippen LogP contribution in [0.2, 0.25) is 5.02 Å². The van der Waals surface area contributed by atoms with E-state index in [1.54, 1.807) is 23.2 Å². The third kappa shape index (κ3) is 2.21. The minimum absolute atomic E-state index is 0.523. The third-order valence-electron chi connectivity index (χ3n) is 1.70. The van der Waals surface area contributed by atoms with Crippen LogP contribution in [0.3, 0.4) is 0 Å². The summed E-state index contributed by atoms with van der Waals surface area (Å²) in [5.74, 6) is 0. The Kier molecular flexibility index (Phi) is 2.79. The fourth-order valence-electron chi connectivity index (χ4n) is 0.979. The Hall–Kier alpha value is -1.27. The van der Waals surface area contributed by atoms with Crippen molar-refractivity contribution in [2.24, 2.45) is 7.05 Å². The van der Waals surface area contributed by atoms with Crippen LogP contribution in [0.4, 0.5) is 5.69 Å². The summed E-state index contributed by atoms with van der Waals surface area (Å²) in [5.41, 5.74) is 6.30. The molecule has 2 heterocycles. The van der Waals surface area contributed by atoms with Crippen LogP contribution in [0.25, 0.3) is 0 Å². The summed E-state index contributed by atoms with van der Waals surface area (Å²) >= 11 is 7.10. The van der Waals surface area contributed by atoms with Gasteiger partial charge < -0.3 is 10.3 Å². The van der Waals surface area contributed by atoms with Crippen molar-refractivity contribution in [2.75, 3.05) is 5.73 Å². The van der Waals surface area contributed by atoms with Crippen molar-refractivity contribution in [1.82, 2.24) is 19.7 Å². The lowest BCUT2D eigenvalue weighted by Gasteiger charge is -2.03. The van der Waals surface area contributed by atoms with Crippen molar-refractivity contribution in [3.63, 3.8) is 0 Å². The van der Waals surface area contributed by atoms with Crippen LogP contribution in [-0.4, -0.2) is 19.7 Å². The molecule has 5 nitrogen and oxygen atoms in total. The second-order valence-corrected chi connectivity index (χ2v) is 4.27. The molecule has 0 aliphatic heterocycles. The summed E-state index contributed by atoms with van der Waals surface area (Å²) in [6.07, 6.45) is 3.17. The number of aromatic nitrogens is 4. The van der Waals surface area contributed by atoms with Crippen LogP contribution in [0.15, 0.2) is 28.8 Å². The molecule has 0 aliphatic carbocycles. The molecule has 0 bridgehead atoms. The average Bonchev–Trinajstić information content (AvgIpc) is 2.57. The number of nitrogens with two attached hydrogens (primary N) is 1. The molecule has 0 unspecified atom stereocenters. The predicted octanol–water partition coefficient (Wildman–Crippen LogP) is 1.60. The van der Waals surface area contributed by atoms with E-state index in [1.807, 2.05) is 7.05 Å². The number of rotatable bonds is 2. The Morgan fingerprint density at radius 1 is 1.53 bits per heavy atom. The molecule has 0 aliphatic rings. The lowest BCUT2D eigenvalue weighted by molar-refractivity contribution is 0.787. The molecule has 2 N–H and O–H groups in total. The fraction of sp³-hybridized carbons (Fsp3) is 0.125. The molecule has 0 amide bonds. The molecular formula is C8H8ClN5S. The van der Waals surface area contributed by atoms with Crippen molar-refractivity contribution in [3.8, 4) is 0 Å². The van der Waals surface area contributed by atoms with E-state index >= 15 is 0 Å². The van der Waals surface area contributed by atoms with Gasteiger partial charge in [-0.2, -0.15) is 0 Å². The van der Waals surface area contributed by atoms with Crippen molar-refractivity contribution in [2.45, 2.75) is 10.2 Å². The highest BCUT2D eigenvalue weighted by Crippen LogP contribution is 2.29. The SMILES string of the molecule is Cn1cnnc1Sc1ncc(Cl)cc1N. The zero-order valence-electron chi connectivity index (χ0n) is 7.88. The summed E-state index contributed by atoms with van der Waals surface area (Å²) in [4.78, 5) is 4.12. The standard InChI is InChI=1S/C8H8ClN5S/c1-14-4-12-13-8(14)15-7-6(10)2-5(9)3-11-7/h2-4H,10H2,1H3. The number of hydrogen-bond acceptors (Lipinski definition) is 5. The monoisotopic (exact) mass is 241 g/mol. The summed E-state index contributed by atoms with van der Waals surface area (Å²) in [6, 6.07) is 1.66. The van der Waals surface area contributed by atoms with Crippen molar-refractivity contribution >= 4 is 29.1 Å². The van der Waals surface area contributed by atoms with Gasteiger partial charge in [-0.1, -0.05) is 11.6 Å². The van der Waals surface area contributed by atoms with Gasteiger partial charge in [0.2, 0.25) is 0 Å². The molecule has 0 saturated carbocycles. The predicted molar refractivity (Wildman–Crippen MR) is 58.8 cm³/mol. The largest absolute Gasteiger partial charge is 0.396 e. The van der Waals surface area contributed by atoms with Gasteiger partial charge in [0.15, 0.2) is 5.16 Å². The number of nitrogen functional groups attached to an aromatic ring is 1. The summed E-state index contributed by atoms with van der Waals surface area (Å²) < 4.78 is 1.79.